The summed E-state index contributed by atoms with van der Waals surface area (Å²) in [7, 11) is 0. The topological polar surface area (TPSA) is 51.8 Å². The molecule has 61 heavy (non-hydrogen) atoms. The van der Waals surface area contributed by atoms with E-state index in [1.807, 2.05) is 60.7 Å². The van der Waals surface area contributed by atoms with Gasteiger partial charge in [0.2, 0.25) is 0 Å². The van der Waals surface area contributed by atoms with Crippen LogP contribution in [0.5, 0.6) is 0 Å². The van der Waals surface area contributed by atoms with Crippen LogP contribution in [0.25, 0.3) is 122 Å². The number of aromatic nitrogens is 3. The highest BCUT2D eigenvalue weighted by atomic mass is 16.3. The zero-order valence-corrected chi connectivity index (χ0v) is 33.0. The van der Waals surface area contributed by atoms with E-state index in [0.717, 1.165) is 44.2 Å². The van der Waals surface area contributed by atoms with Gasteiger partial charge in [-0.05, 0) is 77.8 Å². The van der Waals surface area contributed by atoms with Crippen LogP contribution in [0.2, 0.25) is 0 Å². The van der Waals surface area contributed by atoms with Crippen LogP contribution in [0.3, 0.4) is 0 Å². The molecule has 0 amide bonds. The summed E-state index contributed by atoms with van der Waals surface area (Å²) in [6.45, 7) is 0. The molecular weight excluding hydrogens is 743 g/mol. The second-order valence-electron chi connectivity index (χ2n) is 15.4. The zero-order chi connectivity index (χ0) is 40.3. The normalized spacial score (nSPS) is 11.6. The van der Waals surface area contributed by atoms with Crippen LogP contribution >= 0.6 is 0 Å². The summed E-state index contributed by atoms with van der Waals surface area (Å²) in [6, 6.07) is 74.8. The summed E-state index contributed by atoms with van der Waals surface area (Å²) < 4.78 is 6.44. The van der Waals surface area contributed by atoms with Gasteiger partial charge in [-0.2, -0.15) is 0 Å². The Morgan fingerprint density at radius 3 is 1.33 bits per heavy atom. The third-order valence-corrected chi connectivity index (χ3v) is 12.0. The Morgan fingerprint density at radius 1 is 0.246 bits per heavy atom. The van der Waals surface area contributed by atoms with Crippen LogP contribution in [0.4, 0.5) is 0 Å². The smallest absolute Gasteiger partial charge is 0.167 e. The zero-order valence-electron chi connectivity index (χ0n) is 33.0. The van der Waals surface area contributed by atoms with Crippen molar-refractivity contribution in [2.45, 2.75) is 0 Å². The SMILES string of the molecule is c1ccc(-c2nc(-c3ccc(-c4c5ccccc5c(-c5ccc(-c6ccccc6)c6ccccc56)c5ccccc45)cc3)nc(-c3cccc4c3oc3ccccc34)n2)cc1. The highest BCUT2D eigenvalue weighted by Crippen LogP contribution is 2.46. The van der Waals surface area contributed by atoms with E-state index in [0.29, 0.717) is 17.5 Å². The van der Waals surface area contributed by atoms with Crippen molar-refractivity contribution in [2.24, 2.45) is 0 Å². The lowest BCUT2D eigenvalue weighted by Crippen LogP contribution is -2.00. The molecule has 12 aromatic rings. The molecule has 0 atom stereocenters. The summed E-state index contributed by atoms with van der Waals surface area (Å²) in [4.78, 5) is 15.2. The fourth-order valence-electron chi connectivity index (χ4n) is 9.17. The molecule has 0 saturated heterocycles. The molecule has 0 N–H and O–H groups in total. The van der Waals surface area contributed by atoms with Gasteiger partial charge >= 0.3 is 0 Å². The number of hydrogen-bond donors (Lipinski definition) is 0. The molecule has 0 spiro atoms. The molecule has 10 aromatic carbocycles. The van der Waals surface area contributed by atoms with Gasteiger partial charge in [0.15, 0.2) is 17.5 Å². The van der Waals surface area contributed by atoms with Gasteiger partial charge in [-0.1, -0.05) is 200 Å². The maximum absolute atomic E-state index is 6.44. The lowest BCUT2D eigenvalue weighted by atomic mass is 9.83. The van der Waals surface area contributed by atoms with Gasteiger partial charge in [0, 0.05) is 21.9 Å². The monoisotopic (exact) mass is 777 g/mol. The third kappa shape index (κ3) is 5.80. The van der Waals surface area contributed by atoms with Crippen LogP contribution in [0, 0.1) is 0 Å². The fraction of sp³-hybridized carbons (Fsp3) is 0. The summed E-state index contributed by atoms with van der Waals surface area (Å²) in [5.41, 5.74) is 11.5. The minimum atomic E-state index is 0.564. The minimum Gasteiger partial charge on any atom is -0.455 e. The van der Waals surface area contributed by atoms with Crippen LogP contribution in [0.1, 0.15) is 0 Å². The molecular formula is C57H35N3O. The molecule has 12 rings (SSSR count). The van der Waals surface area contributed by atoms with Crippen LogP contribution < -0.4 is 0 Å². The molecule has 2 heterocycles. The van der Waals surface area contributed by atoms with Gasteiger partial charge in [-0.15, -0.1) is 0 Å². The highest BCUT2D eigenvalue weighted by Gasteiger charge is 2.21. The summed E-state index contributed by atoms with van der Waals surface area (Å²) >= 11 is 0. The Morgan fingerprint density at radius 2 is 0.689 bits per heavy atom. The van der Waals surface area contributed by atoms with Gasteiger partial charge in [0.25, 0.3) is 0 Å². The second kappa shape index (κ2) is 14.3. The number of hydrogen-bond acceptors (Lipinski definition) is 4. The standard InChI is InChI=1S/C57H35N3O/c1-3-16-36(17-4-1)40-34-35-48(42-21-8-7-20-41(40)42)53-46-25-11-9-23-44(46)52(45-24-10-12-26-47(45)53)37-30-32-39(33-31-37)56-58-55(38-18-5-2-6-19-38)59-57(60-56)50-28-15-27-49-43-22-13-14-29-51(43)61-54(49)50/h1-35H. The lowest BCUT2D eigenvalue weighted by molar-refractivity contribution is 0.669. The number of fused-ring (bicyclic) bond motifs is 6. The lowest BCUT2D eigenvalue weighted by Gasteiger charge is -2.20. The Balaban J connectivity index is 1.02. The van der Waals surface area contributed by atoms with Crippen LogP contribution in [0.15, 0.2) is 217 Å². The van der Waals surface area contributed by atoms with E-state index in [4.69, 9.17) is 19.4 Å². The first-order chi connectivity index (χ1) is 30.3. The summed E-state index contributed by atoms with van der Waals surface area (Å²) in [6.07, 6.45) is 0. The Bertz CT molecular complexity index is 3570. The molecule has 0 radical (unpaired) electrons. The number of furan rings is 1. The third-order valence-electron chi connectivity index (χ3n) is 12.0. The molecule has 0 saturated carbocycles. The number of nitrogens with zero attached hydrogens (tertiary/aromatic N) is 3. The van der Waals surface area contributed by atoms with E-state index < -0.39 is 0 Å². The van der Waals surface area contributed by atoms with Crippen molar-refractivity contribution in [3.8, 4) is 67.5 Å². The Labute approximate surface area is 352 Å². The van der Waals surface area contributed by atoms with Crippen LogP contribution in [-0.4, -0.2) is 15.0 Å². The summed E-state index contributed by atoms with van der Waals surface area (Å²) in [5.74, 6) is 1.77. The molecule has 2 aromatic heterocycles. The quantitative estimate of drug-likeness (QED) is 0.158. The van der Waals surface area contributed by atoms with Crippen molar-refractivity contribution in [3.05, 3.63) is 212 Å². The van der Waals surface area contributed by atoms with Crippen molar-refractivity contribution >= 4 is 54.3 Å². The van der Waals surface area contributed by atoms with Crippen molar-refractivity contribution in [3.63, 3.8) is 0 Å². The van der Waals surface area contributed by atoms with E-state index in [2.05, 4.69) is 152 Å². The van der Waals surface area contributed by atoms with Crippen molar-refractivity contribution in [1.82, 2.24) is 15.0 Å². The van der Waals surface area contributed by atoms with E-state index in [1.165, 1.54) is 60.1 Å². The van der Waals surface area contributed by atoms with Crippen molar-refractivity contribution in [2.75, 3.05) is 0 Å². The predicted octanol–water partition coefficient (Wildman–Crippen LogP) is 15.2. The second-order valence-corrected chi connectivity index (χ2v) is 15.4. The average Bonchev–Trinajstić information content (AvgIpc) is 3.73. The van der Waals surface area contributed by atoms with E-state index in [-0.39, 0.29) is 0 Å². The first kappa shape index (κ1) is 34.8. The van der Waals surface area contributed by atoms with Gasteiger partial charge in [0.05, 0.1) is 5.56 Å². The van der Waals surface area contributed by atoms with Gasteiger partial charge in [-0.3, -0.25) is 0 Å². The number of benzene rings is 10. The van der Waals surface area contributed by atoms with Gasteiger partial charge < -0.3 is 4.42 Å². The number of rotatable bonds is 6. The molecule has 0 fully saturated rings. The predicted molar refractivity (Wildman–Crippen MR) is 252 cm³/mol. The minimum absolute atomic E-state index is 0.564. The molecule has 0 aliphatic carbocycles. The van der Waals surface area contributed by atoms with Gasteiger partial charge in [0.1, 0.15) is 11.2 Å². The van der Waals surface area contributed by atoms with E-state index >= 15 is 0 Å². The average molecular weight is 778 g/mol. The first-order valence-corrected chi connectivity index (χ1v) is 20.6. The molecule has 0 unspecified atom stereocenters. The number of para-hydroxylation sites is 2. The molecule has 284 valence electrons. The highest BCUT2D eigenvalue weighted by molar-refractivity contribution is 6.24. The maximum atomic E-state index is 6.44. The first-order valence-electron chi connectivity index (χ1n) is 20.6. The molecule has 0 aliphatic rings. The maximum Gasteiger partial charge on any atom is 0.167 e. The van der Waals surface area contributed by atoms with E-state index in [1.54, 1.807) is 0 Å². The van der Waals surface area contributed by atoms with Gasteiger partial charge in [-0.25, -0.2) is 15.0 Å². The molecule has 0 bridgehead atoms. The Hall–Kier alpha value is -8.21. The molecule has 4 nitrogen and oxygen atoms in total. The van der Waals surface area contributed by atoms with Crippen molar-refractivity contribution in [1.29, 1.82) is 0 Å². The molecule has 4 heteroatoms. The van der Waals surface area contributed by atoms with E-state index in [9.17, 15) is 0 Å². The molecule has 0 aliphatic heterocycles. The largest absolute Gasteiger partial charge is 0.455 e. The van der Waals surface area contributed by atoms with Crippen LogP contribution in [-0.2, 0) is 0 Å². The summed E-state index contributed by atoms with van der Waals surface area (Å²) in [5, 5.41) is 9.41. The Kier molecular flexibility index (Phi) is 8.13. The fourth-order valence-corrected chi connectivity index (χ4v) is 9.17. The van der Waals surface area contributed by atoms with Crippen molar-refractivity contribution < 1.29 is 4.42 Å².